The summed E-state index contributed by atoms with van der Waals surface area (Å²) in [4.78, 5) is 7.64. The molecule has 0 aromatic carbocycles. The zero-order valence-electron chi connectivity index (χ0n) is 15.7. The summed E-state index contributed by atoms with van der Waals surface area (Å²) in [5, 5.41) is -0.0839. The molecule has 1 aliphatic carbocycles. The van der Waals surface area contributed by atoms with E-state index in [1.54, 1.807) is 13.8 Å². The number of halogens is 6. The first-order chi connectivity index (χ1) is 13.4. The number of aryl methyl sites for hydroxylation is 2. The summed E-state index contributed by atoms with van der Waals surface area (Å²) in [7, 11) is 0. The van der Waals surface area contributed by atoms with Crippen LogP contribution in [0.15, 0.2) is 0 Å². The van der Waals surface area contributed by atoms with Crippen LogP contribution >= 0.6 is 22.7 Å². The summed E-state index contributed by atoms with van der Waals surface area (Å²) in [5.41, 5.74) is -4.66. The quantitative estimate of drug-likeness (QED) is 0.510. The number of hydrogen-bond acceptors (Lipinski definition) is 6. The fourth-order valence-electron chi connectivity index (χ4n) is 2.95. The number of thiazole rings is 2. The van der Waals surface area contributed by atoms with E-state index in [0.717, 1.165) is 22.7 Å². The first-order valence-corrected chi connectivity index (χ1v) is 10.1. The second-order valence-electron chi connectivity index (χ2n) is 6.08. The first kappa shape index (κ1) is 21.9. The number of alkyl halides is 6. The predicted octanol–water partition coefficient (Wildman–Crippen LogP) is 5.84. The average Bonchev–Trinajstić information content (AvgIpc) is 3.16. The molecule has 2 aromatic rings. The first-order valence-electron chi connectivity index (χ1n) is 8.49. The van der Waals surface area contributed by atoms with E-state index in [-0.39, 0.29) is 33.4 Å². The Labute approximate surface area is 170 Å². The SMILES string of the molecule is CCOc1sc(C)nc1C1=C(c2nc(C)sc2OCC)C(F)(F)C(F)(F)C1(F)F. The highest BCUT2D eigenvalue weighted by Crippen LogP contribution is 2.66. The van der Waals surface area contributed by atoms with Gasteiger partial charge in [-0.3, -0.25) is 0 Å². The lowest BCUT2D eigenvalue weighted by Crippen LogP contribution is -2.49. The van der Waals surface area contributed by atoms with Gasteiger partial charge in [0.1, 0.15) is 11.4 Å². The Morgan fingerprint density at radius 3 is 1.38 bits per heavy atom. The molecule has 0 spiro atoms. The van der Waals surface area contributed by atoms with Gasteiger partial charge < -0.3 is 9.47 Å². The molecule has 0 saturated heterocycles. The van der Waals surface area contributed by atoms with Crippen molar-refractivity contribution in [3.05, 3.63) is 21.4 Å². The summed E-state index contributed by atoms with van der Waals surface area (Å²) in [6.07, 6.45) is 0. The number of ether oxygens (including phenoxy) is 2. The second kappa shape index (κ2) is 7.15. The van der Waals surface area contributed by atoms with Crippen LogP contribution in [-0.4, -0.2) is 40.9 Å². The van der Waals surface area contributed by atoms with Gasteiger partial charge in [0.2, 0.25) is 10.1 Å². The van der Waals surface area contributed by atoms with Crippen molar-refractivity contribution in [3.8, 4) is 10.1 Å². The molecule has 3 rings (SSSR count). The zero-order chi connectivity index (χ0) is 21.8. The molecule has 0 unspecified atom stereocenters. The van der Waals surface area contributed by atoms with Crippen molar-refractivity contribution < 1.29 is 35.8 Å². The zero-order valence-corrected chi connectivity index (χ0v) is 17.3. The van der Waals surface area contributed by atoms with E-state index in [1.807, 2.05) is 0 Å². The topological polar surface area (TPSA) is 44.2 Å². The normalized spacial score (nSPS) is 19.7. The minimum Gasteiger partial charge on any atom is -0.483 e. The Hall–Kier alpha value is -1.82. The van der Waals surface area contributed by atoms with E-state index >= 15 is 0 Å². The number of allylic oxidation sites excluding steroid dienone is 2. The van der Waals surface area contributed by atoms with Gasteiger partial charge in [-0.15, -0.1) is 0 Å². The molecule has 29 heavy (non-hydrogen) atoms. The highest BCUT2D eigenvalue weighted by atomic mass is 32.1. The van der Waals surface area contributed by atoms with Crippen molar-refractivity contribution in [2.75, 3.05) is 13.2 Å². The van der Waals surface area contributed by atoms with Crippen LogP contribution in [0.3, 0.4) is 0 Å². The third kappa shape index (κ3) is 3.11. The fraction of sp³-hybridized carbons (Fsp3) is 0.529. The van der Waals surface area contributed by atoms with Gasteiger partial charge in [-0.25, -0.2) is 9.97 Å². The number of nitrogens with zero attached hydrogens (tertiary/aromatic N) is 2. The van der Waals surface area contributed by atoms with Crippen LogP contribution in [0.4, 0.5) is 26.3 Å². The molecular formula is C17H16F6N2O2S2. The number of hydrogen-bond donors (Lipinski definition) is 0. The Balaban J connectivity index is 2.42. The van der Waals surface area contributed by atoms with Gasteiger partial charge in [0.15, 0.2) is 0 Å². The standard InChI is InChI=1S/C17H16F6N2O2S2/c1-5-26-13-11(24-7(3)28-13)9-10(12-14(27-6-2)29-8(4)25-12)16(20,21)17(22,23)15(9,18)19/h5-6H2,1-4H3. The number of aromatic nitrogens is 2. The number of rotatable bonds is 6. The third-order valence-corrected chi connectivity index (χ3v) is 5.86. The molecular weight excluding hydrogens is 442 g/mol. The van der Waals surface area contributed by atoms with E-state index in [1.165, 1.54) is 13.8 Å². The maximum atomic E-state index is 14.8. The summed E-state index contributed by atoms with van der Waals surface area (Å²) in [6.45, 7) is 5.96. The molecule has 0 radical (unpaired) electrons. The van der Waals surface area contributed by atoms with Crippen molar-refractivity contribution in [1.29, 1.82) is 0 Å². The summed E-state index contributed by atoms with van der Waals surface area (Å²) < 4.78 is 98.4. The largest absolute Gasteiger partial charge is 0.483 e. The van der Waals surface area contributed by atoms with Gasteiger partial charge >= 0.3 is 17.8 Å². The van der Waals surface area contributed by atoms with Gasteiger partial charge in [-0.05, 0) is 27.7 Å². The van der Waals surface area contributed by atoms with Crippen molar-refractivity contribution in [2.45, 2.75) is 45.5 Å². The maximum absolute atomic E-state index is 14.8. The second-order valence-corrected chi connectivity index (χ2v) is 8.41. The van der Waals surface area contributed by atoms with Crippen LogP contribution < -0.4 is 9.47 Å². The molecule has 0 atom stereocenters. The predicted molar refractivity (Wildman–Crippen MR) is 97.7 cm³/mol. The molecule has 0 aliphatic heterocycles. The van der Waals surface area contributed by atoms with Gasteiger partial charge in [-0.1, -0.05) is 22.7 Å². The molecule has 2 aromatic heterocycles. The molecule has 0 amide bonds. The monoisotopic (exact) mass is 458 g/mol. The highest BCUT2D eigenvalue weighted by Gasteiger charge is 2.81. The Kier molecular flexibility index (Phi) is 5.39. The minimum absolute atomic E-state index is 0.00953. The van der Waals surface area contributed by atoms with Crippen LogP contribution in [0.1, 0.15) is 35.3 Å². The molecule has 0 fully saturated rings. The van der Waals surface area contributed by atoms with Crippen molar-refractivity contribution >= 4 is 33.8 Å². The Bertz CT molecular complexity index is 893. The summed E-state index contributed by atoms with van der Waals surface area (Å²) in [5.74, 6) is -16.1. The Morgan fingerprint density at radius 2 is 1.07 bits per heavy atom. The van der Waals surface area contributed by atoms with Crippen LogP contribution in [0.25, 0.3) is 11.1 Å². The van der Waals surface area contributed by atoms with Crippen LogP contribution in [0.5, 0.6) is 10.1 Å². The minimum atomic E-state index is -5.69. The molecule has 2 heterocycles. The molecule has 0 N–H and O–H groups in total. The molecule has 4 nitrogen and oxygen atoms in total. The van der Waals surface area contributed by atoms with Gasteiger partial charge in [0.25, 0.3) is 0 Å². The van der Waals surface area contributed by atoms with E-state index in [2.05, 4.69) is 9.97 Å². The molecule has 0 bridgehead atoms. The van der Waals surface area contributed by atoms with Gasteiger partial charge in [0, 0.05) is 0 Å². The van der Waals surface area contributed by atoms with E-state index in [9.17, 15) is 26.3 Å². The highest BCUT2D eigenvalue weighted by molar-refractivity contribution is 7.14. The van der Waals surface area contributed by atoms with E-state index in [0.29, 0.717) is 0 Å². The summed E-state index contributed by atoms with van der Waals surface area (Å²) in [6, 6.07) is 0. The van der Waals surface area contributed by atoms with Gasteiger partial charge in [-0.2, -0.15) is 26.3 Å². The van der Waals surface area contributed by atoms with E-state index in [4.69, 9.17) is 9.47 Å². The molecule has 12 heteroatoms. The lowest BCUT2D eigenvalue weighted by atomic mass is 10.0. The van der Waals surface area contributed by atoms with Crippen LogP contribution in [0, 0.1) is 13.8 Å². The molecule has 160 valence electrons. The van der Waals surface area contributed by atoms with Crippen molar-refractivity contribution in [2.24, 2.45) is 0 Å². The van der Waals surface area contributed by atoms with Crippen LogP contribution in [0.2, 0.25) is 0 Å². The van der Waals surface area contributed by atoms with E-state index < -0.39 is 40.3 Å². The average molecular weight is 458 g/mol. The smallest absolute Gasteiger partial charge is 0.380 e. The Morgan fingerprint density at radius 1 is 0.724 bits per heavy atom. The van der Waals surface area contributed by atoms with Crippen LogP contribution in [-0.2, 0) is 0 Å². The third-order valence-electron chi connectivity index (χ3n) is 4.10. The lowest BCUT2D eigenvalue weighted by molar-refractivity contribution is -0.254. The van der Waals surface area contributed by atoms with Crippen molar-refractivity contribution in [3.63, 3.8) is 0 Å². The summed E-state index contributed by atoms with van der Waals surface area (Å²) >= 11 is 1.61. The molecule has 1 aliphatic rings. The fourth-order valence-corrected chi connectivity index (χ4v) is 4.60. The van der Waals surface area contributed by atoms with Crippen molar-refractivity contribution in [1.82, 2.24) is 9.97 Å². The lowest BCUT2D eigenvalue weighted by Gasteiger charge is -2.25. The van der Waals surface area contributed by atoms with Gasteiger partial charge in [0.05, 0.1) is 34.4 Å². The maximum Gasteiger partial charge on any atom is 0.380 e. The molecule has 0 saturated carbocycles.